The molecule has 2 N–H and O–H groups in total. The number of hydrogen-bond donors (Lipinski definition) is 2. The number of allylic oxidation sites excluding steroid dienone is 1. The number of rotatable bonds is 7. The Balaban J connectivity index is 2.05. The van der Waals surface area contributed by atoms with Crippen molar-refractivity contribution in [3.8, 4) is 5.75 Å². The molecule has 1 aliphatic rings. The van der Waals surface area contributed by atoms with E-state index in [1.54, 1.807) is 0 Å². The summed E-state index contributed by atoms with van der Waals surface area (Å²) in [4.78, 5) is 13.5. The minimum Gasteiger partial charge on any atom is -0.409 e. The van der Waals surface area contributed by atoms with Crippen LogP contribution in [-0.4, -0.2) is 57.5 Å². The van der Waals surface area contributed by atoms with Gasteiger partial charge in [0.2, 0.25) is 10.0 Å². The summed E-state index contributed by atoms with van der Waals surface area (Å²) in [6.45, 7) is 0.259. The number of benzene rings is 2. The van der Waals surface area contributed by atoms with E-state index in [4.69, 9.17) is 10.1 Å². The van der Waals surface area contributed by atoms with Gasteiger partial charge in [-0.15, -0.1) is 0 Å². The first kappa shape index (κ1) is 31.9. The monoisotopic (exact) mass is 610 g/mol. The van der Waals surface area contributed by atoms with E-state index in [0.29, 0.717) is 12.3 Å². The Hall–Kier alpha value is -3.66. The highest BCUT2D eigenvalue weighted by Crippen LogP contribution is 2.44. The van der Waals surface area contributed by atoms with Gasteiger partial charge < -0.3 is 15.5 Å². The molecule has 2 aromatic carbocycles. The van der Waals surface area contributed by atoms with E-state index >= 15 is 0 Å². The second-order valence-electron chi connectivity index (χ2n) is 9.15. The third kappa shape index (κ3) is 7.97. The quantitative estimate of drug-likeness (QED) is 0.318. The van der Waals surface area contributed by atoms with Crippen molar-refractivity contribution in [2.24, 2.45) is 0 Å². The summed E-state index contributed by atoms with van der Waals surface area (Å²) >= 11 is 0. The topological polar surface area (TPSA) is 103 Å². The zero-order chi connectivity index (χ0) is 30.8. The van der Waals surface area contributed by atoms with E-state index in [0.717, 1.165) is 48.7 Å². The fraction of sp³-hybridized carbons (Fsp3) is 0.360. The van der Waals surface area contributed by atoms with Gasteiger partial charge >= 0.3 is 18.4 Å². The molecule has 8 nitrogen and oxygen atoms in total. The van der Waals surface area contributed by atoms with Gasteiger partial charge in [0.15, 0.2) is 5.75 Å². The van der Waals surface area contributed by atoms with E-state index in [9.17, 15) is 43.9 Å². The third-order valence-corrected chi connectivity index (χ3v) is 7.57. The number of nitrogens with one attached hydrogen (secondary N) is 2. The molecular formula is C25H25F7N4O4S. The van der Waals surface area contributed by atoms with Gasteiger partial charge in [0, 0.05) is 55.4 Å². The smallest absolute Gasteiger partial charge is 0.409 e. The molecule has 1 saturated heterocycles. The molecule has 1 heterocycles. The zero-order valence-corrected chi connectivity index (χ0v) is 22.4. The lowest BCUT2D eigenvalue weighted by Crippen LogP contribution is -2.43. The number of carbonyl (C=O) groups is 1. The van der Waals surface area contributed by atoms with Crippen molar-refractivity contribution in [2.45, 2.75) is 31.2 Å². The van der Waals surface area contributed by atoms with Crippen molar-refractivity contribution < 1.29 is 48.7 Å². The van der Waals surface area contributed by atoms with Crippen LogP contribution in [0.15, 0.2) is 42.6 Å². The standard InChI is InChI=1S/C25H25F7N4O4S/c1-35(19-5-3-17(26)4-6-19)23(37)40-22-20(11-16(24(27,28)29)12-21(22)25(30,31)32)15(13-33)14-34-18-7-9-36(10-8-18)41(2,38)39/h3-6,11-14,18,33-34H,7-10H2,1-2H3/b15-14+,33-13?. The molecule has 0 atom stereocenters. The van der Waals surface area contributed by atoms with Crippen LogP contribution in [0.5, 0.6) is 5.75 Å². The molecule has 0 unspecified atom stereocenters. The molecule has 41 heavy (non-hydrogen) atoms. The van der Waals surface area contributed by atoms with E-state index in [1.165, 1.54) is 4.31 Å². The molecule has 1 fully saturated rings. The van der Waals surface area contributed by atoms with Crippen LogP contribution in [0.25, 0.3) is 5.57 Å². The number of sulfonamides is 1. The van der Waals surface area contributed by atoms with Crippen molar-refractivity contribution in [2.75, 3.05) is 31.3 Å². The summed E-state index contributed by atoms with van der Waals surface area (Å²) in [6, 6.07) is 3.96. The fourth-order valence-electron chi connectivity index (χ4n) is 4.01. The summed E-state index contributed by atoms with van der Waals surface area (Å²) < 4.78 is 126. The summed E-state index contributed by atoms with van der Waals surface area (Å²) in [7, 11) is -2.34. The van der Waals surface area contributed by atoms with E-state index in [2.05, 4.69) is 5.32 Å². The SMILES string of the molecule is CN(C(=O)Oc1c(/C(C=N)=C/NC2CCN(S(C)(=O)=O)CC2)cc(C(F)(F)F)cc1C(F)(F)F)c1ccc(F)cc1. The van der Waals surface area contributed by atoms with Gasteiger partial charge in [-0.2, -0.15) is 26.3 Å². The van der Waals surface area contributed by atoms with Crippen LogP contribution >= 0.6 is 0 Å². The average molecular weight is 611 g/mol. The van der Waals surface area contributed by atoms with Gasteiger partial charge in [-0.3, -0.25) is 4.90 Å². The number of anilines is 1. The Morgan fingerprint density at radius 3 is 2.15 bits per heavy atom. The molecule has 0 spiro atoms. The summed E-state index contributed by atoms with van der Waals surface area (Å²) in [5.41, 5.74) is -4.90. The van der Waals surface area contributed by atoms with E-state index < -0.39 is 68.3 Å². The molecule has 16 heteroatoms. The number of halogens is 7. The van der Waals surface area contributed by atoms with Crippen LogP contribution in [0.4, 0.5) is 41.2 Å². The van der Waals surface area contributed by atoms with Crippen LogP contribution in [0.1, 0.15) is 29.5 Å². The lowest BCUT2D eigenvalue weighted by molar-refractivity contribution is -0.143. The molecule has 224 valence electrons. The fourth-order valence-corrected chi connectivity index (χ4v) is 4.89. The van der Waals surface area contributed by atoms with Gasteiger partial charge in [-0.1, -0.05) is 0 Å². The highest BCUT2D eigenvalue weighted by molar-refractivity contribution is 7.88. The Morgan fingerprint density at radius 2 is 1.66 bits per heavy atom. The highest BCUT2D eigenvalue weighted by Gasteiger charge is 2.41. The Morgan fingerprint density at radius 1 is 1.07 bits per heavy atom. The minimum absolute atomic E-state index is 0.0170. The van der Waals surface area contributed by atoms with Gasteiger partial charge in [0.05, 0.1) is 17.4 Å². The number of alkyl halides is 6. The Bertz CT molecular complexity index is 1420. The highest BCUT2D eigenvalue weighted by atomic mass is 32.2. The maximum absolute atomic E-state index is 14.0. The van der Waals surface area contributed by atoms with Crippen LogP contribution in [-0.2, 0) is 22.4 Å². The van der Waals surface area contributed by atoms with Gasteiger partial charge in [0.25, 0.3) is 0 Å². The van der Waals surface area contributed by atoms with Crippen LogP contribution in [0.2, 0.25) is 0 Å². The van der Waals surface area contributed by atoms with Gasteiger partial charge in [-0.25, -0.2) is 21.9 Å². The molecule has 2 aromatic rings. The second kappa shape index (κ2) is 12.1. The minimum atomic E-state index is -5.40. The first-order valence-corrected chi connectivity index (χ1v) is 13.7. The van der Waals surface area contributed by atoms with Crippen molar-refractivity contribution in [1.29, 1.82) is 5.41 Å². The van der Waals surface area contributed by atoms with E-state index in [-0.39, 0.29) is 37.7 Å². The molecule has 0 bridgehead atoms. The molecule has 0 aromatic heterocycles. The average Bonchev–Trinajstić information content (AvgIpc) is 2.88. The van der Waals surface area contributed by atoms with Crippen molar-refractivity contribution in [1.82, 2.24) is 9.62 Å². The third-order valence-electron chi connectivity index (χ3n) is 6.26. The van der Waals surface area contributed by atoms with Crippen molar-refractivity contribution >= 4 is 33.6 Å². The summed E-state index contributed by atoms with van der Waals surface area (Å²) in [6.07, 6.45) is -8.95. The number of carbonyl (C=O) groups excluding carboxylic acids is 1. The molecule has 0 radical (unpaired) electrons. The number of nitrogens with zero attached hydrogens (tertiary/aromatic N) is 2. The normalized spacial score (nSPS) is 15.9. The lowest BCUT2D eigenvalue weighted by Gasteiger charge is -2.30. The van der Waals surface area contributed by atoms with Crippen molar-refractivity contribution in [3.05, 3.63) is 65.1 Å². The molecule has 1 amide bonds. The largest absolute Gasteiger partial charge is 0.420 e. The summed E-state index contributed by atoms with van der Waals surface area (Å²) in [5.74, 6) is -1.93. The van der Waals surface area contributed by atoms with E-state index in [1.807, 2.05) is 0 Å². The second-order valence-corrected chi connectivity index (χ2v) is 11.1. The first-order chi connectivity index (χ1) is 18.9. The van der Waals surface area contributed by atoms with Gasteiger partial charge in [-0.05, 0) is 49.2 Å². The first-order valence-electron chi connectivity index (χ1n) is 11.9. The molecule has 0 aliphatic carbocycles. The lowest BCUT2D eigenvalue weighted by atomic mass is 9.97. The number of piperidine rings is 1. The predicted molar refractivity (Wildman–Crippen MR) is 137 cm³/mol. The Kier molecular flexibility index (Phi) is 9.37. The van der Waals surface area contributed by atoms with Crippen LogP contribution < -0.4 is 15.0 Å². The van der Waals surface area contributed by atoms with Crippen LogP contribution in [0.3, 0.4) is 0 Å². The van der Waals surface area contributed by atoms with Gasteiger partial charge in [0.1, 0.15) is 5.82 Å². The number of hydrogen-bond acceptors (Lipinski definition) is 6. The maximum atomic E-state index is 14.0. The number of amides is 1. The molecule has 0 saturated carbocycles. The molecule has 1 aliphatic heterocycles. The number of ether oxygens (including phenoxy) is 1. The van der Waals surface area contributed by atoms with Crippen molar-refractivity contribution in [3.63, 3.8) is 0 Å². The van der Waals surface area contributed by atoms with Crippen LogP contribution in [0, 0.1) is 11.2 Å². The Labute approximate surface area is 230 Å². The molecule has 3 rings (SSSR count). The summed E-state index contributed by atoms with van der Waals surface area (Å²) in [5, 5.41) is 10.5. The molecular weight excluding hydrogens is 585 g/mol. The maximum Gasteiger partial charge on any atom is 0.420 e. The zero-order valence-electron chi connectivity index (χ0n) is 21.6. The predicted octanol–water partition coefficient (Wildman–Crippen LogP) is 5.50.